The molecule has 1 heterocycles. The van der Waals surface area contributed by atoms with Crippen LogP contribution in [0.4, 0.5) is 0 Å². The summed E-state index contributed by atoms with van der Waals surface area (Å²) in [4.78, 5) is 26.1. The molecule has 1 aliphatic rings. The van der Waals surface area contributed by atoms with Crippen molar-refractivity contribution in [1.82, 2.24) is 0 Å². The second-order valence-electron chi connectivity index (χ2n) is 8.73. The van der Waals surface area contributed by atoms with Crippen molar-refractivity contribution >= 4 is 19.5 Å². The SMILES string of the molecule is CCOC(=O)c1c(C)ccc(C(c2ccccc2)P2(=O)OCC(C)(C)CO2)c1C(=O)OCC. The van der Waals surface area contributed by atoms with Gasteiger partial charge in [0.2, 0.25) is 0 Å². The molecular formula is C25H31O7P. The van der Waals surface area contributed by atoms with E-state index in [1.807, 2.05) is 32.0 Å². The Bertz CT molecular complexity index is 1050. The summed E-state index contributed by atoms with van der Waals surface area (Å²) in [5, 5.41) is 0. The van der Waals surface area contributed by atoms with Crippen LogP contribution in [-0.4, -0.2) is 38.4 Å². The summed E-state index contributed by atoms with van der Waals surface area (Å²) >= 11 is 0. The smallest absolute Gasteiger partial charge is 0.342 e. The maximum Gasteiger partial charge on any atom is 0.342 e. The van der Waals surface area contributed by atoms with E-state index in [0.29, 0.717) is 16.7 Å². The Morgan fingerprint density at radius 2 is 1.48 bits per heavy atom. The first-order valence-corrected chi connectivity index (χ1v) is 12.7. The topological polar surface area (TPSA) is 88.1 Å². The van der Waals surface area contributed by atoms with Gasteiger partial charge < -0.3 is 18.5 Å². The highest BCUT2D eigenvalue weighted by molar-refractivity contribution is 7.54. The maximum atomic E-state index is 14.1. The van der Waals surface area contributed by atoms with Crippen LogP contribution >= 0.6 is 7.60 Å². The van der Waals surface area contributed by atoms with E-state index in [4.69, 9.17) is 18.5 Å². The molecule has 0 aromatic heterocycles. The van der Waals surface area contributed by atoms with Crippen LogP contribution in [0, 0.1) is 12.3 Å². The molecule has 0 N–H and O–H groups in total. The third-order valence-electron chi connectivity index (χ3n) is 5.40. The zero-order valence-electron chi connectivity index (χ0n) is 19.8. The van der Waals surface area contributed by atoms with E-state index in [1.165, 1.54) is 0 Å². The predicted octanol–water partition coefficient (Wildman–Crippen LogP) is 5.70. The van der Waals surface area contributed by atoms with E-state index in [2.05, 4.69) is 0 Å². The summed E-state index contributed by atoms with van der Waals surface area (Å²) in [5.74, 6) is -1.33. The van der Waals surface area contributed by atoms with Crippen molar-refractivity contribution in [2.24, 2.45) is 5.41 Å². The number of carbonyl (C=O) groups is 2. The van der Waals surface area contributed by atoms with E-state index < -0.39 is 25.2 Å². The van der Waals surface area contributed by atoms with E-state index in [9.17, 15) is 14.2 Å². The van der Waals surface area contributed by atoms with Gasteiger partial charge in [-0.2, -0.15) is 0 Å². The summed E-state index contributed by atoms with van der Waals surface area (Å²) < 4.78 is 36.5. The number of esters is 2. The van der Waals surface area contributed by atoms with Gasteiger partial charge in [0.05, 0.1) is 37.6 Å². The van der Waals surface area contributed by atoms with Crippen LogP contribution in [-0.2, 0) is 23.1 Å². The average Bonchev–Trinajstić information content (AvgIpc) is 2.78. The predicted molar refractivity (Wildman–Crippen MR) is 125 cm³/mol. The second kappa shape index (κ2) is 10.2. The van der Waals surface area contributed by atoms with E-state index >= 15 is 0 Å². The van der Waals surface area contributed by atoms with Crippen molar-refractivity contribution in [2.75, 3.05) is 26.4 Å². The fourth-order valence-electron chi connectivity index (χ4n) is 3.77. The molecule has 178 valence electrons. The van der Waals surface area contributed by atoms with E-state index in [1.54, 1.807) is 45.0 Å². The Labute approximate surface area is 194 Å². The molecule has 0 amide bonds. The van der Waals surface area contributed by atoms with Gasteiger partial charge in [-0.25, -0.2) is 9.59 Å². The summed E-state index contributed by atoms with van der Waals surface area (Å²) in [6.07, 6.45) is 0. The molecule has 0 aliphatic carbocycles. The molecule has 1 aliphatic heterocycles. The summed E-state index contributed by atoms with van der Waals surface area (Å²) in [5.41, 5.74) is 0.429. The minimum atomic E-state index is -3.77. The lowest BCUT2D eigenvalue weighted by atomic mass is 9.92. The standard InChI is InChI=1S/C25H31O7P/c1-6-29-23(26)20-17(3)13-14-19(21(20)24(27)30-7-2)22(18-11-9-8-10-12-18)33(28)31-15-25(4,5)16-32-33/h8-14,22H,6-7,15-16H2,1-5H3. The Kier molecular flexibility index (Phi) is 7.78. The Hall–Kier alpha value is -2.47. The first-order chi connectivity index (χ1) is 15.6. The number of aryl methyl sites for hydroxylation is 1. The molecule has 2 aromatic carbocycles. The van der Waals surface area contributed by atoms with Gasteiger partial charge in [0.15, 0.2) is 0 Å². The van der Waals surface area contributed by atoms with Crippen LogP contribution in [0.3, 0.4) is 0 Å². The molecule has 0 bridgehead atoms. The van der Waals surface area contributed by atoms with Gasteiger partial charge in [-0.15, -0.1) is 0 Å². The fourth-order valence-corrected chi connectivity index (χ4v) is 6.29. The summed E-state index contributed by atoms with van der Waals surface area (Å²) in [7, 11) is -3.77. The van der Waals surface area contributed by atoms with Crippen molar-refractivity contribution in [3.63, 3.8) is 0 Å². The fraction of sp³-hybridized carbons (Fsp3) is 0.440. The molecule has 33 heavy (non-hydrogen) atoms. The highest BCUT2D eigenvalue weighted by Gasteiger charge is 2.46. The minimum Gasteiger partial charge on any atom is -0.462 e. The van der Waals surface area contributed by atoms with Gasteiger partial charge >= 0.3 is 19.5 Å². The lowest BCUT2D eigenvalue weighted by Crippen LogP contribution is -2.31. The Balaban J connectivity index is 2.28. The van der Waals surface area contributed by atoms with Crippen LogP contribution in [0.5, 0.6) is 0 Å². The number of benzene rings is 2. The third kappa shape index (κ3) is 5.37. The van der Waals surface area contributed by atoms with Crippen LogP contribution in [0.2, 0.25) is 0 Å². The summed E-state index contributed by atoms with van der Waals surface area (Å²) in [6.45, 7) is 9.75. The summed E-state index contributed by atoms with van der Waals surface area (Å²) in [6, 6.07) is 12.5. The molecule has 1 unspecified atom stereocenters. The number of ether oxygens (including phenoxy) is 2. The molecule has 7 nitrogen and oxygen atoms in total. The third-order valence-corrected chi connectivity index (χ3v) is 7.59. The highest BCUT2D eigenvalue weighted by atomic mass is 31.2. The molecular weight excluding hydrogens is 443 g/mol. The molecule has 1 atom stereocenters. The molecule has 8 heteroatoms. The van der Waals surface area contributed by atoms with Gasteiger partial charge in [0, 0.05) is 5.41 Å². The monoisotopic (exact) mass is 474 g/mol. The minimum absolute atomic E-state index is 0.0245. The zero-order valence-corrected chi connectivity index (χ0v) is 20.6. The van der Waals surface area contributed by atoms with E-state index in [-0.39, 0.29) is 43.0 Å². The number of hydrogen-bond acceptors (Lipinski definition) is 7. The molecule has 1 fully saturated rings. The molecule has 0 saturated carbocycles. The lowest BCUT2D eigenvalue weighted by Gasteiger charge is -2.38. The molecule has 0 spiro atoms. The van der Waals surface area contributed by atoms with Crippen molar-refractivity contribution < 1.29 is 32.7 Å². The Morgan fingerprint density at radius 3 is 2.03 bits per heavy atom. The van der Waals surface area contributed by atoms with Gasteiger partial charge in [-0.3, -0.25) is 4.57 Å². The average molecular weight is 474 g/mol. The molecule has 1 saturated heterocycles. The maximum absolute atomic E-state index is 14.1. The number of carbonyl (C=O) groups excluding carboxylic acids is 2. The van der Waals surface area contributed by atoms with Crippen molar-refractivity contribution in [1.29, 1.82) is 0 Å². The van der Waals surface area contributed by atoms with Crippen molar-refractivity contribution in [3.8, 4) is 0 Å². The van der Waals surface area contributed by atoms with Crippen LogP contribution in [0.25, 0.3) is 0 Å². The van der Waals surface area contributed by atoms with Gasteiger partial charge in [-0.1, -0.05) is 56.3 Å². The largest absolute Gasteiger partial charge is 0.462 e. The Morgan fingerprint density at radius 1 is 0.939 bits per heavy atom. The van der Waals surface area contributed by atoms with Crippen molar-refractivity contribution in [3.05, 3.63) is 70.3 Å². The second-order valence-corrected chi connectivity index (χ2v) is 10.8. The van der Waals surface area contributed by atoms with E-state index in [0.717, 1.165) is 0 Å². The lowest BCUT2D eigenvalue weighted by molar-refractivity contribution is 0.0389. The molecule has 0 radical (unpaired) electrons. The normalized spacial score (nSPS) is 17.7. The first-order valence-electron chi connectivity index (χ1n) is 11.0. The van der Waals surface area contributed by atoms with Gasteiger partial charge in [0.1, 0.15) is 5.66 Å². The van der Waals surface area contributed by atoms with Gasteiger partial charge in [-0.05, 0) is 37.5 Å². The van der Waals surface area contributed by atoms with Crippen LogP contribution < -0.4 is 0 Å². The molecule has 2 aromatic rings. The molecule has 3 rings (SSSR count). The number of hydrogen-bond donors (Lipinski definition) is 0. The van der Waals surface area contributed by atoms with Gasteiger partial charge in [0.25, 0.3) is 0 Å². The highest BCUT2D eigenvalue weighted by Crippen LogP contribution is 2.66. The zero-order chi connectivity index (χ0) is 24.2. The van der Waals surface area contributed by atoms with Crippen LogP contribution in [0.1, 0.15) is 70.8 Å². The number of rotatable bonds is 7. The van der Waals surface area contributed by atoms with Crippen molar-refractivity contribution in [2.45, 2.75) is 40.3 Å². The quantitative estimate of drug-likeness (QED) is 0.375. The first kappa shape index (κ1) is 25.2. The van der Waals surface area contributed by atoms with Crippen LogP contribution in [0.15, 0.2) is 42.5 Å².